The lowest BCUT2D eigenvalue weighted by Gasteiger charge is -2.33. The van der Waals surface area contributed by atoms with E-state index in [9.17, 15) is 18.0 Å². The first-order chi connectivity index (χ1) is 19.6. The predicted octanol–water partition coefficient (Wildman–Crippen LogP) is 5.92. The van der Waals surface area contributed by atoms with Crippen molar-refractivity contribution in [3.8, 4) is 5.75 Å². The fourth-order valence-electron chi connectivity index (χ4n) is 4.27. The second-order valence-corrected chi connectivity index (χ2v) is 12.1. The van der Waals surface area contributed by atoms with Gasteiger partial charge in [-0.25, -0.2) is 8.42 Å². The van der Waals surface area contributed by atoms with Gasteiger partial charge in [-0.05, 0) is 60.9 Å². The number of nitrogens with one attached hydrogen (secondary N) is 1. The summed E-state index contributed by atoms with van der Waals surface area (Å²) in [5.41, 5.74) is 0.924. The first kappa shape index (κ1) is 32.2. The topological polar surface area (TPSA) is 96.0 Å². The first-order valence-electron chi connectivity index (χ1n) is 13.3. The summed E-state index contributed by atoms with van der Waals surface area (Å²) in [6, 6.07) is 18.5. The Morgan fingerprint density at radius 3 is 2.24 bits per heavy atom. The molecule has 0 bridgehead atoms. The molecule has 2 amide bonds. The zero-order valence-corrected chi connectivity index (χ0v) is 25.7. The van der Waals surface area contributed by atoms with Crippen LogP contribution in [0.15, 0.2) is 77.7 Å². The smallest absolute Gasteiger partial charge is 0.264 e. The molecule has 0 aliphatic rings. The summed E-state index contributed by atoms with van der Waals surface area (Å²) in [7, 11) is -2.75. The molecule has 0 unspecified atom stereocenters. The Hall–Kier alpha value is -3.27. The molecule has 0 spiro atoms. The Kier molecular flexibility index (Phi) is 11.9. The first-order valence-corrected chi connectivity index (χ1v) is 15.5. The van der Waals surface area contributed by atoms with Gasteiger partial charge < -0.3 is 15.0 Å². The van der Waals surface area contributed by atoms with Crippen LogP contribution in [0.4, 0.5) is 5.69 Å². The van der Waals surface area contributed by atoms with Gasteiger partial charge >= 0.3 is 0 Å². The number of sulfonamides is 1. The van der Waals surface area contributed by atoms with Gasteiger partial charge in [0.25, 0.3) is 10.0 Å². The van der Waals surface area contributed by atoms with Crippen molar-refractivity contribution in [1.29, 1.82) is 0 Å². The van der Waals surface area contributed by atoms with Crippen molar-refractivity contribution < 1.29 is 22.7 Å². The van der Waals surface area contributed by atoms with Crippen LogP contribution < -0.4 is 14.4 Å². The van der Waals surface area contributed by atoms with Gasteiger partial charge in [0, 0.05) is 18.1 Å². The van der Waals surface area contributed by atoms with Crippen LogP contribution in [0.25, 0.3) is 0 Å². The van der Waals surface area contributed by atoms with Crippen LogP contribution in [0.1, 0.15) is 38.7 Å². The molecule has 220 valence electrons. The van der Waals surface area contributed by atoms with E-state index in [4.69, 9.17) is 27.9 Å². The van der Waals surface area contributed by atoms with Crippen molar-refractivity contribution in [3.63, 3.8) is 0 Å². The van der Waals surface area contributed by atoms with Crippen LogP contribution in [0, 0.1) is 0 Å². The normalized spacial score (nSPS) is 11.9. The van der Waals surface area contributed by atoms with E-state index in [2.05, 4.69) is 5.32 Å². The molecule has 0 aliphatic heterocycles. The number of carbonyl (C=O) groups is 2. The van der Waals surface area contributed by atoms with E-state index in [0.29, 0.717) is 23.7 Å². The van der Waals surface area contributed by atoms with Crippen molar-refractivity contribution in [3.05, 3.63) is 88.4 Å². The number of halogens is 2. The lowest BCUT2D eigenvalue weighted by molar-refractivity contribution is -0.140. The molecular formula is C30H35Cl2N3O5S. The Morgan fingerprint density at radius 2 is 1.66 bits per heavy atom. The molecule has 0 aromatic heterocycles. The quantitative estimate of drug-likeness (QED) is 0.226. The number of nitrogens with zero attached hydrogens (tertiary/aromatic N) is 2. The third-order valence-corrected chi connectivity index (χ3v) is 8.85. The Labute approximate surface area is 252 Å². The van der Waals surface area contributed by atoms with E-state index in [1.165, 1.54) is 42.3 Å². The zero-order valence-electron chi connectivity index (χ0n) is 23.3. The highest BCUT2D eigenvalue weighted by Crippen LogP contribution is 2.32. The van der Waals surface area contributed by atoms with E-state index in [-0.39, 0.29) is 28.1 Å². The summed E-state index contributed by atoms with van der Waals surface area (Å²) in [5, 5.41) is 3.63. The fourth-order valence-corrected chi connectivity index (χ4v) is 6.08. The lowest BCUT2D eigenvalue weighted by atomic mass is 10.1. The highest BCUT2D eigenvalue weighted by atomic mass is 35.5. The van der Waals surface area contributed by atoms with Gasteiger partial charge in [-0.3, -0.25) is 13.9 Å². The number of unbranched alkanes of at least 4 members (excludes halogenated alkanes) is 1. The van der Waals surface area contributed by atoms with Gasteiger partial charge in [-0.15, -0.1) is 0 Å². The molecule has 3 rings (SSSR count). The molecule has 3 aromatic rings. The van der Waals surface area contributed by atoms with E-state index >= 15 is 0 Å². The lowest BCUT2D eigenvalue weighted by Crippen LogP contribution is -2.52. The van der Waals surface area contributed by atoms with Crippen molar-refractivity contribution in [2.24, 2.45) is 0 Å². The maximum Gasteiger partial charge on any atom is 0.264 e. The minimum absolute atomic E-state index is 0.00772. The number of hydrogen-bond donors (Lipinski definition) is 1. The minimum atomic E-state index is -4.20. The molecule has 0 aliphatic carbocycles. The highest BCUT2D eigenvalue weighted by Gasteiger charge is 2.33. The maximum atomic E-state index is 14.1. The molecule has 0 saturated heterocycles. The molecule has 11 heteroatoms. The second kappa shape index (κ2) is 15.1. The molecule has 1 atom stereocenters. The summed E-state index contributed by atoms with van der Waals surface area (Å²) < 4.78 is 34.0. The van der Waals surface area contributed by atoms with Crippen molar-refractivity contribution in [2.45, 2.75) is 50.6 Å². The standard InChI is InChI=1S/C30H35Cl2N3O5S/c1-4-6-18-33-30(37)27(5-2)34(20-22-12-14-23(31)15-13-22)29(36)21-35(24-16-17-28(40-3)26(32)19-24)41(38,39)25-10-8-7-9-11-25/h7-17,19,27H,4-6,18,20-21H2,1-3H3,(H,33,37)/t27-/m1/s1. The Balaban J connectivity index is 2.05. The number of ether oxygens (including phenoxy) is 1. The number of hydrogen-bond acceptors (Lipinski definition) is 5. The van der Waals surface area contributed by atoms with Crippen molar-refractivity contribution in [2.75, 3.05) is 24.5 Å². The second-order valence-electron chi connectivity index (χ2n) is 9.36. The maximum absolute atomic E-state index is 14.1. The summed E-state index contributed by atoms with van der Waals surface area (Å²) in [4.78, 5) is 28.7. The molecule has 1 N–H and O–H groups in total. The highest BCUT2D eigenvalue weighted by molar-refractivity contribution is 7.92. The van der Waals surface area contributed by atoms with Crippen LogP contribution in [-0.4, -0.2) is 51.4 Å². The summed E-state index contributed by atoms with van der Waals surface area (Å²) >= 11 is 12.4. The zero-order chi connectivity index (χ0) is 30.0. The van der Waals surface area contributed by atoms with Gasteiger partial charge in [0.15, 0.2) is 0 Å². The van der Waals surface area contributed by atoms with E-state index < -0.39 is 28.5 Å². The SMILES string of the molecule is CCCCNC(=O)[C@@H](CC)N(Cc1ccc(Cl)cc1)C(=O)CN(c1ccc(OC)c(Cl)c1)S(=O)(=O)c1ccccc1. The van der Waals surface area contributed by atoms with Gasteiger partial charge in [-0.2, -0.15) is 0 Å². The molecule has 3 aromatic carbocycles. The van der Waals surface area contributed by atoms with Gasteiger partial charge in [0.05, 0.1) is 22.7 Å². The Bertz CT molecular complexity index is 1420. The molecular weight excluding hydrogens is 585 g/mol. The van der Waals surface area contributed by atoms with Crippen LogP contribution in [0.3, 0.4) is 0 Å². The minimum Gasteiger partial charge on any atom is -0.495 e. The number of carbonyl (C=O) groups excluding carboxylic acids is 2. The van der Waals surface area contributed by atoms with E-state index in [1.54, 1.807) is 42.5 Å². The summed E-state index contributed by atoms with van der Waals surface area (Å²) in [6.07, 6.45) is 2.03. The third kappa shape index (κ3) is 8.38. The van der Waals surface area contributed by atoms with Crippen LogP contribution >= 0.6 is 23.2 Å². The Morgan fingerprint density at radius 1 is 0.976 bits per heavy atom. The molecule has 8 nitrogen and oxygen atoms in total. The molecule has 0 fully saturated rings. The monoisotopic (exact) mass is 619 g/mol. The van der Waals surface area contributed by atoms with E-state index in [1.807, 2.05) is 13.8 Å². The van der Waals surface area contributed by atoms with Gasteiger partial charge in [0.1, 0.15) is 18.3 Å². The largest absolute Gasteiger partial charge is 0.495 e. The van der Waals surface area contributed by atoms with Crippen molar-refractivity contribution >= 4 is 50.7 Å². The van der Waals surface area contributed by atoms with Gasteiger partial charge in [0.2, 0.25) is 11.8 Å². The fraction of sp³-hybridized carbons (Fsp3) is 0.333. The van der Waals surface area contributed by atoms with Crippen LogP contribution in [0.2, 0.25) is 10.0 Å². The molecule has 0 saturated carbocycles. The van der Waals surface area contributed by atoms with E-state index in [0.717, 1.165) is 22.7 Å². The van der Waals surface area contributed by atoms with Crippen LogP contribution in [0.5, 0.6) is 5.75 Å². The van der Waals surface area contributed by atoms with Gasteiger partial charge in [-0.1, -0.05) is 73.8 Å². The predicted molar refractivity (Wildman–Crippen MR) is 163 cm³/mol. The summed E-state index contributed by atoms with van der Waals surface area (Å²) in [6.45, 7) is 3.83. The molecule has 0 heterocycles. The molecule has 41 heavy (non-hydrogen) atoms. The molecule has 0 radical (unpaired) electrons. The number of benzene rings is 3. The average molecular weight is 621 g/mol. The number of methoxy groups -OCH3 is 1. The number of anilines is 1. The number of amides is 2. The number of rotatable bonds is 14. The average Bonchev–Trinajstić information content (AvgIpc) is 2.97. The van der Waals surface area contributed by atoms with Crippen LogP contribution in [-0.2, 0) is 26.2 Å². The summed E-state index contributed by atoms with van der Waals surface area (Å²) in [5.74, 6) is -0.491. The third-order valence-electron chi connectivity index (χ3n) is 6.52. The van der Waals surface area contributed by atoms with Crippen molar-refractivity contribution in [1.82, 2.24) is 10.2 Å².